The molecule has 4 heterocycles. The number of aliphatic imine (C=N–C) groups is 2. The Hall–Kier alpha value is -5.79. The van der Waals surface area contributed by atoms with Gasteiger partial charge >= 0.3 is 18.2 Å². The van der Waals surface area contributed by atoms with Gasteiger partial charge in [-0.05, 0) is 58.1 Å². The van der Waals surface area contributed by atoms with Gasteiger partial charge in [0.1, 0.15) is 6.04 Å². The molecule has 4 aliphatic heterocycles. The van der Waals surface area contributed by atoms with E-state index in [1.807, 2.05) is 45.0 Å². The summed E-state index contributed by atoms with van der Waals surface area (Å²) in [5.41, 5.74) is 8.01. The number of esters is 1. The minimum Gasteiger partial charge on any atom is -0.469 e. The Balaban J connectivity index is 1.07. The number of nitrogens with one attached hydrogen (secondary N) is 1. The van der Waals surface area contributed by atoms with Crippen LogP contribution in [0.5, 0.6) is 0 Å². The van der Waals surface area contributed by atoms with Gasteiger partial charge in [-0.3, -0.25) is 29.3 Å². The molecule has 4 aliphatic rings. The van der Waals surface area contributed by atoms with Gasteiger partial charge in [-0.25, -0.2) is 9.59 Å². The molecule has 4 amide bonds. The van der Waals surface area contributed by atoms with E-state index in [4.69, 9.17) is 24.2 Å². The number of likely N-dealkylation sites (tertiary alicyclic amines) is 1. The highest BCUT2D eigenvalue weighted by molar-refractivity contribution is 6.05. The molecule has 0 spiro atoms. The number of benzene rings is 2. The molecule has 0 radical (unpaired) electrons. The highest BCUT2D eigenvalue weighted by Gasteiger charge is 2.43. The van der Waals surface area contributed by atoms with Crippen molar-refractivity contribution in [2.45, 2.75) is 77.9 Å². The fourth-order valence-electron chi connectivity index (χ4n) is 8.17. The SMILES string of the molecule is COC(=O)C[C@H](C(=O)N1CCC[C@H]1C1=NC=C(c2ccc(-c3ccc(C4=CN=C([C@@H]5CN(C(=O)OC)CN5C(=O)[C@@H](NC(=O)OC)C(C)C)C4)cc3)cc2)C1)C(C)C. The lowest BCUT2D eigenvalue weighted by molar-refractivity contribution is -0.148. The Morgan fingerprint density at radius 3 is 1.76 bits per heavy atom. The van der Waals surface area contributed by atoms with Crippen molar-refractivity contribution in [2.24, 2.45) is 27.7 Å². The van der Waals surface area contributed by atoms with Crippen molar-refractivity contribution >= 4 is 52.5 Å². The third-order valence-corrected chi connectivity index (χ3v) is 11.6. The lowest BCUT2D eigenvalue weighted by Gasteiger charge is -2.30. The molecular weight excluding hydrogens is 741 g/mol. The second-order valence-electron chi connectivity index (χ2n) is 15.9. The van der Waals surface area contributed by atoms with Gasteiger partial charge in [0.05, 0.1) is 59.0 Å². The summed E-state index contributed by atoms with van der Waals surface area (Å²) in [6.45, 7) is 8.49. The quantitative estimate of drug-likeness (QED) is 0.197. The summed E-state index contributed by atoms with van der Waals surface area (Å²) in [5, 5.41) is 2.64. The molecule has 2 aromatic rings. The molecule has 1 N–H and O–H groups in total. The molecule has 0 saturated carbocycles. The second-order valence-corrected chi connectivity index (χ2v) is 15.9. The van der Waals surface area contributed by atoms with Crippen LogP contribution in [0.3, 0.4) is 0 Å². The van der Waals surface area contributed by atoms with Gasteiger partial charge in [0.25, 0.3) is 0 Å². The van der Waals surface area contributed by atoms with Crippen LogP contribution in [0.4, 0.5) is 9.59 Å². The first kappa shape index (κ1) is 41.8. The van der Waals surface area contributed by atoms with Crippen LogP contribution < -0.4 is 5.32 Å². The van der Waals surface area contributed by atoms with E-state index in [1.54, 1.807) is 4.90 Å². The zero-order valence-electron chi connectivity index (χ0n) is 34.4. The van der Waals surface area contributed by atoms with E-state index in [9.17, 15) is 24.0 Å². The van der Waals surface area contributed by atoms with Gasteiger partial charge in [-0.2, -0.15) is 0 Å². The minimum absolute atomic E-state index is 0.00262. The summed E-state index contributed by atoms with van der Waals surface area (Å²) in [5.74, 6) is -1.34. The van der Waals surface area contributed by atoms with Crippen LogP contribution in [0.15, 0.2) is 70.9 Å². The largest absolute Gasteiger partial charge is 0.469 e. The third kappa shape index (κ3) is 9.00. The topological polar surface area (TPSA) is 160 Å². The van der Waals surface area contributed by atoms with Crippen molar-refractivity contribution in [3.05, 3.63) is 72.1 Å². The summed E-state index contributed by atoms with van der Waals surface area (Å²) in [4.78, 5) is 78.6. The molecule has 0 unspecified atom stereocenters. The fraction of sp³-hybridized carbons (Fsp3) is 0.477. The summed E-state index contributed by atoms with van der Waals surface area (Å²) >= 11 is 0. The number of amides is 4. The van der Waals surface area contributed by atoms with Crippen LogP contribution >= 0.6 is 0 Å². The monoisotopic (exact) mass is 794 g/mol. The Labute approximate surface area is 340 Å². The van der Waals surface area contributed by atoms with Crippen LogP contribution in [0.25, 0.3) is 22.3 Å². The van der Waals surface area contributed by atoms with Crippen LogP contribution in [0, 0.1) is 17.8 Å². The van der Waals surface area contributed by atoms with Crippen molar-refractivity contribution in [3.63, 3.8) is 0 Å². The van der Waals surface area contributed by atoms with Crippen LogP contribution in [0.1, 0.15) is 70.9 Å². The third-order valence-electron chi connectivity index (χ3n) is 11.6. The van der Waals surface area contributed by atoms with Crippen LogP contribution in [-0.4, -0.2) is 115 Å². The van der Waals surface area contributed by atoms with E-state index >= 15 is 0 Å². The molecule has 0 aromatic heterocycles. The Morgan fingerprint density at radius 2 is 1.26 bits per heavy atom. The molecule has 6 rings (SSSR count). The first-order valence-electron chi connectivity index (χ1n) is 19.9. The standard InChI is InChI=1S/C44H54N6O8/c1-26(2)34(21-39(51)56-5)41(52)49-18-8-9-37(49)35-19-32(22-45-35)30-14-10-28(11-15-30)29-12-16-31(17-13-29)33-20-36(46-23-33)38-24-48(44(55)58-7)25-50(38)42(53)40(27(3)4)47-43(54)57-6/h10-17,22-23,26-27,34,37-38,40H,8-9,18-21,24-25H2,1-7H3,(H,47,54)/t34-,37-,38-,40-/m0/s1. The summed E-state index contributed by atoms with van der Waals surface area (Å²) in [6.07, 6.45) is 5.47. The molecule has 2 aromatic carbocycles. The number of nitrogens with zero attached hydrogens (tertiary/aromatic N) is 5. The number of carbonyl (C=O) groups is 5. The van der Waals surface area contributed by atoms with E-state index in [-0.39, 0.29) is 55.3 Å². The van der Waals surface area contributed by atoms with Gasteiger partial charge in [0.2, 0.25) is 11.8 Å². The van der Waals surface area contributed by atoms with E-state index in [1.165, 1.54) is 26.2 Å². The maximum Gasteiger partial charge on any atom is 0.410 e. The molecule has 0 bridgehead atoms. The first-order chi connectivity index (χ1) is 27.8. The molecule has 2 saturated heterocycles. The van der Waals surface area contributed by atoms with E-state index in [0.717, 1.165) is 57.7 Å². The average Bonchev–Trinajstić information content (AvgIpc) is 4.07. The predicted molar refractivity (Wildman–Crippen MR) is 220 cm³/mol. The van der Waals surface area contributed by atoms with E-state index in [0.29, 0.717) is 19.4 Å². The minimum atomic E-state index is -0.853. The lowest BCUT2D eigenvalue weighted by Crippen LogP contribution is -2.54. The number of alkyl carbamates (subject to hydrolysis) is 1. The van der Waals surface area contributed by atoms with Crippen LogP contribution in [-0.2, 0) is 28.6 Å². The number of carbonyl (C=O) groups excluding carboxylic acids is 5. The number of rotatable bonds is 12. The van der Waals surface area contributed by atoms with Crippen molar-refractivity contribution in [3.8, 4) is 11.1 Å². The molecule has 58 heavy (non-hydrogen) atoms. The van der Waals surface area contributed by atoms with Crippen LogP contribution in [0.2, 0.25) is 0 Å². The smallest absolute Gasteiger partial charge is 0.410 e. The van der Waals surface area contributed by atoms with Crippen molar-refractivity contribution in [2.75, 3.05) is 41.1 Å². The van der Waals surface area contributed by atoms with Gasteiger partial charge in [-0.15, -0.1) is 0 Å². The van der Waals surface area contributed by atoms with Gasteiger partial charge < -0.3 is 29.3 Å². The zero-order chi connectivity index (χ0) is 41.7. The molecule has 0 aliphatic carbocycles. The first-order valence-corrected chi connectivity index (χ1v) is 19.9. The zero-order valence-corrected chi connectivity index (χ0v) is 34.4. The number of hydrogen-bond acceptors (Lipinski definition) is 10. The Bertz CT molecular complexity index is 2020. The van der Waals surface area contributed by atoms with Crippen molar-refractivity contribution in [1.82, 2.24) is 20.0 Å². The second kappa shape index (κ2) is 18.2. The maximum absolute atomic E-state index is 13.8. The molecule has 14 heteroatoms. The van der Waals surface area contributed by atoms with Crippen molar-refractivity contribution in [1.29, 1.82) is 0 Å². The number of ether oxygens (including phenoxy) is 3. The number of allylic oxidation sites excluding steroid dienone is 2. The normalized spacial score (nSPS) is 20.1. The molecule has 2 fully saturated rings. The lowest BCUT2D eigenvalue weighted by atomic mass is 9.90. The number of hydrogen-bond donors (Lipinski definition) is 1. The summed E-state index contributed by atoms with van der Waals surface area (Å²) in [6, 6.07) is 15.3. The van der Waals surface area contributed by atoms with E-state index in [2.05, 4.69) is 53.8 Å². The van der Waals surface area contributed by atoms with Gasteiger partial charge in [0, 0.05) is 43.2 Å². The molecular formula is C44H54N6O8. The highest BCUT2D eigenvalue weighted by Crippen LogP contribution is 2.34. The van der Waals surface area contributed by atoms with Crippen molar-refractivity contribution < 1.29 is 38.2 Å². The molecule has 308 valence electrons. The Morgan fingerprint density at radius 1 is 0.707 bits per heavy atom. The number of methoxy groups -OCH3 is 3. The Kier molecular flexibility index (Phi) is 13.1. The summed E-state index contributed by atoms with van der Waals surface area (Å²) in [7, 11) is 3.90. The average molecular weight is 795 g/mol. The summed E-state index contributed by atoms with van der Waals surface area (Å²) < 4.78 is 14.6. The maximum atomic E-state index is 13.8. The van der Waals surface area contributed by atoms with Gasteiger partial charge in [0.15, 0.2) is 0 Å². The predicted octanol–water partition coefficient (Wildman–Crippen LogP) is 6.17. The van der Waals surface area contributed by atoms with E-state index < -0.39 is 30.2 Å². The molecule has 4 atom stereocenters. The van der Waals surface area contributed by atoms with Gasteiger partial charge in [-0.1, -0.05) is 76.2 Å². The highest BCUT2D eigenvalue weighted by atomic mass is 16.5. The fourth-order valence-corrected chi connectivity index (χ4v) is 8.17. The molecule has 14 nitrogen and oxygen atoms in total.